The van der Waals surface area contributed by atoms with Crippen molar-refractivity contribution in [3.05, 3.63) is 62.5 Å². The second-order valence-corrected chi connectivity index (χ2v) is 10.0. The average Bonchev–Trinajstić information content (AvgIpc) is 3.38. The number of hydrogen-bond acceptors (Lipinski definition) is 9. The molecule has 1 saturated heterocycles. The Hall–Kier alpha value is -2.86. The molecule has 2 N–H and O–H groups in total. The van der Waals surface area contributed by atoms with E-state index < -0.39 is 35.9 Å². The van der Waals surface area contributed by atoms with E-state index >= 15 is 0 Å². The number of aromatic nitrogens is 1. The molecule has 0 bridgehead atoms. The first-order chi connectivity index (χ1) is 17.2. The van der Waals surface area contributed by atoms with Crippen LogP contribution in [0.5, 0.6) is 0 Å². The minimum atomic E-state index is -1.02. The normalized spacial score (nSPS) is 22.8. The highest BCUT2D eigenvalue weighted by Gasteiger charge is 2.41. The molecule has 12 heteroatoms. The number of carboxylic acids is 1. The summed E-state index contributed by atoms with van der Waals surface area (Å²) in [4.78, 5) is 36.1. The van der Waals surface area contributed by atoms with Gasteiger partial charge in [0, 0.05) is 40.9 Å². The Morgan fingerprint density at radius 3 is 2.81 bits per heavy atom. The highest BCUT2D eigenvalue weighted by Crippen LogP contribution is 2.37. The number of aliphatic carboxylic acids is 1. The minimum Gasteiger partial charge on any atom is -0.480 e. The third-order valence-corrected chi connectivity index (χ3v) is 7.20. The SMILES string of the molecule is COC(=O)C1=C(CN2CCO[C@H](C(C)C)[C@H]2C(=O)O)NC(c2nccs2)=NC1c1ccc(F)cc1Cl. The molecule has 0 spiro atoms. The van der Waals surface area contributed by atoms with E-state index in [1.165, 1.54) is 30.6 Å². The van der Waals surface area contributed by atoms with Gasteiger partial charge in [0.15, 0.2) is 10.8 Å². The standard InChI is InChI=1S/C24H26ClFN4O5S/c1-12(2)20-19(23(31)32)30(7-8-35-20)11-16-17(24(33)34-3)18(14-5-4-13(26)10-15(14)25)29-21(28-16)22-27-6-9-36-22/h4-6,9-10,12,18-20H,7-8,11H2,1-3H3,(H,28,29)(H,31,32)/t18?,19-,20+/m0/s1. The number of nitrogens with one attached hydrogen (secondary N) is 1. The summed E-state index contributed by atoms with van der Waals surface area (Å²) in [5.74, 6) is -1.86. The summed E-state index contributed by atoms with van der Waals surface area (Å²) in [7, 11) is 1.25. The molecular weight excluding hydrogens is 511 g/mol. The van der Waals surface area contributed by atoms with Gasteiger partial charge in [0.05, 0.1) is 25.4 Å². The molecule has 4 rings (SSSR count). The van der Waals surface area contributed by atoms with Gasteiger partial charge < -0.3 is 19.9 Å². The number of benzene rings is 1. The fourth-order valence-electron chi connectivity index (χ4n) is 4.45. The van der Waals surface area contributed by atoms with E-state index in [-0.39, 0.29) is 23.1 Å². The third-order valence-electron chi connectivity index (χ3n) is 6.09. The van der Waals surface area contributed by atoms with Crippen molar-refractivity contribution >= 4 is 40.7 Å². The van der Waals surface area contributed by atoms with Crippen LogP contribution in [-0.4, -0.2) is 71.7 Å². The summed E-state index contributed by atoms with van der Waals surface area (Å²) < 4.78 is 24.7. The second-order valence-electron chi connectivity index (χ2n) is 8.73. The Kier molecular flexibility index (Phi) is 8.04. The van der Waals surface area contributed by atoms with E-state index in [0.29, 0.717) is 35.3 Å². The molecule has 3 heterocycles. The van der Waals surface area contributed by atoms with Crippen LogP contribution in [-0.2, 0) is 19.1 Å². The topological polar surface area (TPSA) is 113 Å². The minimum absolute atomic E-state index is 0.0412. The van der Waals surface area contributed by atoms with Crippen LogP contribution in [0.4, 0.5) is 4.39 Å². The summed E-state index contributed by atoms with van der Waals surface area (Å²) in [6, 6.07) is 2.02. The van der Waals surface area contributed by atoms with E-state index in [9.17, 15) is 19.1 Å². The van der Waals surface area contributed by atoms with Crippen LogP contribution in [0.2, 0.25) is 5.02 Å². The van der Waals surface area contributed by atoms with E-state index in [1.807, 2.05) is 13.8 Å². The number of halogens is 2. The second kappa shape index (κ2) is 11.0. The number of methoxy groups -OCH3 is 1. The Bertz CT molecular complexity index is 1200. The molecule has 3 atom stereocenters. The third kappa shape index (κ3) is 5.29. The van der Waals surface area contributed by atoms with Crippen LogP contribution in [0.1, 0.15) is 30.5 Å². The highest BCUT2D eigenvalue weighted by atomic mass is 35.5. The van der Waals surface area contributed by atoms with Crippen molar-refractivity contribution in [2.45, 2.75) is 32.0 Å². The number of aliphatic imine (C=N–C) groups is 1. The zero-order valence-corrected chi connectivity index (χ0v) is 21.5. The van der Waals surface area contributed by atoms with Crippen LogP contribution in [0.3, 0.4) is 0 Å². The lowest BCUT2D eigenvalue weighted by molar-refractivity contribution is -0.160. The number of morpholine rings is 1. The number of esters is 1. The van der Waals surface area contributed by atoms with Crippen molar-refractivity contribution in [1.82, 2.24) is 15.2 Å². The summed E-state index contributed by atoms with van der Waals surface area (Å²) >= 11 is 7.73. The van der Waals surface area contributed by atoms with Crippen molar-refractivity contribution in [3.8, 4) is 0 Å². The molecule has 2 aliphatic rings. The lowest BCUT2D eigenvalue weighted by Crippen LogP contribution is -2.58. The van der Waals surface area contributed by atoms with Crippen LogP contribution in [0, 0.1) is 11.7 Å². The Morgan fingerprint density at radius 2 is 2.19 bits per heavy atom. The van der Waals surface area contributed by atoms with Crippen LogP contribution in [0.25, 0.3) is 0 Å². The van der Waals surface area contributed by atoms with E-state index in [4.69, 9.17) is 26.1 Å². The lowest BCUT2D eigenvalue weighted by Gasteiger charge is -2.41. The molecule has 0 saturated carbocycles. The zero-order chi connectivity index (χ0) is 26.0. The van der Waals surface area contributed by atoms with Crippen molar-refractivity contribution < 1.29 is 28.6 Å². The van der Waals surface area contributed by atoms with E-state index in [2.05, 4.69) is 10.3 Å². The van der Waals surface area contributed by atoms with Crippen molar-refractivity contribution in [3.63, 3.8) is 0 Å². The number of carbonyl (C=O) groups excluding carboxylic acids is 1. The predicted octanol–water partition coefficient (Wildman–Crippen LogP) is 3.26. The number of carboxylic acid groups (broad SMARTS) is 1. The number of rotatable bonds is 7. The monoisotopic (exact) mass is 536 g/mol. The quantitative estimate of drug-likeness (QED) is 0.518. The molecule has 36 heavy (non-hydrogen) atoms. The van der Waals surface area contributed by atoms with Gasteiger partial charge in [-0.2, -0.15) is 0 Å². The van der Waals surface area contributed by atoms with Gasteiger partial charge in [-0.1, -0.05) is 31.5 Å². The molecule has 0 amide bonds. The predicted molar refractivity (Wildman–Crippen MR) is 133 cm³/mol. The van der Waals surface area contributed by atoms with E-state index in [0.717, 1.165) is 6.07 Å². The first-order valence-corrected chi connectivity index (χ1v) is 12.6. The maximum atomic E-state index is 13.8. The fourth-order valence-corrected chi connectivity index (χ4v) is 5.30. The molecular formula is C24H26ClFN4O5S. The Morgan fingerprint density at radius 1 is 1.42 bits per heavy atom. The zero-order valence-electron chi connectivity index (χ0n) is 19.9. The molecule has 1 aromatic carbocycles. The van der Waals surface area contributed by atoms with Gasteiger partial charge in [-0.25, -0.2) is 14.2 Å². The molecule has 0 radical (unpaired) electrons. The molecule has 2 aliphatic heterocycles. The molecule has 1 fully saturated rings. The smallest absolute Gasteiger partial charge is 0.338 e. The molecule has 1 aromatic heterocycles. The van der Waals surface area contributed by atoms with Gasteiger partial charge in [-0.15, -0.1) is 11.3 Å². The average molecular weight is 537 g/mol. The number of amidine groups is 1. The largest absolute Gasteiger partial charge is 0.480 e. The number of hydrogen-bond donors (Lipinski definition) is 2. The molecule has 9 nitrogen and oxygen atoms in total. The van der Waals surface area contributed by atoms with Gasteiger partial charge in [0.2, 0.25) is 0 Å². The number of nitrogens with zero attached hydrogens (tertiary/aromatic N) is 3. The maximum Gasteiger partial charge on any atom is 0.338 e. The van der Waals surface area contributed by atoms with Gasteiger partial charge in [0.1, 0.15) is 17.9 Å². The van der Waals surface area contributed by atoms with Gasteiger partial charge in [-0.3, -0.25) is 14.7 Å². The molecule has 0 aliphatic carbocycles. The number of thiazole rings is 1. The van der Waals surface area contributed by atoms with Gasteiger partial charge in [0.25, 0.3) is 0 Å². The Balaban J connectivity index is 1.83. The van der Waals surface area contributed by atoms with Crippen molar-refractivity contribution in [2.75, 3.05) is 26.8 Å². The summed E-state index contributed by atoms with van der Waals surface area (Å²) in [5.41, 5.74) is 0.967. The van der Waals surface area contributed by atoms with Gasteiger partial charge in [-0.05, 0) is 18.1 Å². The number of carbonyl (C=O) groups is 2. The Labute approximate surface area is 216 Å². The molecule has 2 aromatic rings. The van der Waals surface area contributed by atoms with Crippen molar-refractivity contribution in [1.29, 1.82) is 0 Å². The van der Waals surface area contributed by atoms with Gasteiger partial charge >= 0.3 is 11.9 Å². The lowest BCUT2D eigenvalue weighted by atomic mass is 9.93. The summed E-state index contributed by atoms with van der Waals surface area (Å²) in [6.45, 7) is 4.57. The first kappa shape index (κ1) is 26.2. The van der Waals surface area contributed by atoms with Crippen LogP contribution >= 0.6 is 22.9 Å². The summed E-state index contributed by atoms with van der Waals surface area (Å²) in [5, 5.41) is 15.7. The van der Waals surface area contributed by atoms with Crippen LogP contribution < -0.4 is 5.32 Å². The number of ether oxygens (including phenoxy) is 2. The summed E-state index contributed by atoms with van der Waals surface area (Å²) in [6.07, 6.45) is 1.09. The van der Waals surface area contributed by atoms with Crippen molar-refractivity contribution in [2.24, 2.45) is 10.9 Å². The first-order valence-electron chi connectivity index (χ1n) is 11.3. The van der Waals surface area contributed by atoms with Crippen LogP contribution in [0.15, 0.2) is 46.0 Å². The molecule has 1 unspecified atom stereocenters. The highest BCUT2D eigenvalue weighted by molar-refractivity contribution is 7.11. The molecule has 192 valence electrons. The maximum absolute atomic E-state index is 13.8. The fraction of sp³-hybridized carbons (Fsp3) is 0.417. The van der Waals surface area contributed by atoms with E-state index in [1.54, 1.807) is 16.5 Å².